The van der Waals surface area contributed by atoms with Gasteiger partial charge in [0.2, 0.25) is 11.8 Å². The molecule has 0 saturated carbocycles. The van der Waals surface area contributed by atoms with Crippen LogP contribution in [0.25, 0.3) is 0 Å². The molecule has 0 radical (unpaired) electrons. The maximum atomic E-state index is 12.3. The summed E-state index contributed by atoms with van der Waals surface area (Å²) in [6.07, 6.45) is 4.27. The van der Waals surface area contributed by atoms with Crippen molar-refractivity contribution >= 4 is 17.5 Å². The summed E-state index contributed by atoms with van der Waals surface area (Å²) in [7, 11) is 0. The summed E-state index contributed by atoms with van der Waals surface area (Å²) < 4.78 is 12.9. The van der Waals surface area contributed by atoms with Crippen molar-refractivity contribution < 1.29 is 29.4 Å². The quantitative estimate of drug-likeness (QED) is 0.283. The molecule has 3 atom stereocenters. The Balaban J connectivity index is 1.45. The zero-order valence-corrected chi connectivity index (χ0v) is 21.1. The molecule has 0 bridgehead atoms. The molecule has 2 aromatic rings. The van der Waals surface area contributed by atoms with E-state index in [-0.39, 0.29) is 37.6 Å². The Bertz CT molecular complexity index is 1020. The summed E-state index contributed by atoms with van der Waals surface area (Å²) in [4.78, 5) is 26.0. The fourth-order valence-corrected chi connectivity index (χ4v) is 4.91. The van der Waals surface area contributed by atoms with Crippen LogP contribution in [0.3, 0.4) is 0 Å². The highest BCUT2D eigenvalue weighted by Gasteiger charge is 2.33. The minimum absolute atomic E-state index is 0.00225. The van der Waals surface area contributed by atoms with Crippen LogP contribution in [-0.4, -0.2) is 52.8 Å². The van der Waals surface area contributed by atoms with Gasteiger partial charge in [-0.25, -0.2) is 5.48 Å². The fraction of sp³-hybridized carbons (Fsp3) is 0.500. The molecule has 2 fully saturated rings. The van der Waals surface area contributed by atoms with Crippen LogP contribution < -0.4 is 10.8 Å². The number of hydrogen-bond donors (Lipinski definition) is 4. The van der Waals surface area contributed by atoms with Gasteiger partial charge in [0.05, 0.1) is 18.8 Å². The summed E-state index contributed by atoms with van der Waals surface area (Å²) in [6.45, 7) is 3.02. The number of amides is 2. The number of aliphatic hydroxyl groups is 1. The van der Waals surface area contributed by atoms with Gasteiger partial charge in [0, 0.05) is 37.1 Å². The van der Waals surface area contributed by atoms with Gasteiger partial charge in [-0.15, -0.1) is 0 Å². The van der Waals surface area contributed by atoms with Crippen LogP contribution in [0.1, 0.15) is 74.0 Å². The zero-order valence-electron chi connectivity index (χ0n) is 21.1. The third kappa shape index (κ3) is 8.08. The van der Waals surface area contributed by atoms with E-state index in [4.69, 9.17) is 14.7 Å². The Morgan fingerprint density at radius 2 is 1.70 bits per heavy atom. The molecule has 2 heterocycles. The lowest BCUT2D eigenvalue weighted by molar-refractivity contribution is -0.253. The van der Waals surface area contributed by atoms with Gasteiger partial charge in [-0.3, -0.25) is 14.8 Å². The molecule has 0 aliphatic carbocycles. The number of likely N-dealkylation sites (tertiary alicyclic amines) is 1. The molecule has 4 rings (SSSR count). The summed E-state index contributed by atoms with van der Waals surface area (Å²) >= 11 is 0. The van der Waals surface area contributed by atoms with Crippen molar-refractivity contribution in [3.63, 3.8) is 0 Å². The van der Waals surface area contributed by atoms with E-state index in [1.165, 1.54) is 19.3 Å². The van der Waals surface area contributed by atoms with Gasteiger partial charge < -0.3 is 24.8 Å². The van der Waals surface area contributed by atoms with Crippen LogP contribution >= 0.6 is 0 Å². The minimum atomic E-state index is -0.587. The molecule has 0 unspecified atom stereocenters. The lowest BCUT2D eigenvalue weighted by Gasteiger charge is -2.39. The summed E-state index contributed by atoms with van der Waals surface area (Å²) in [6, 6.07) is 15.3. The second-order valence-electron chi connectivity index (χ2n) is 9.77. The maximum Gasteiger partial charge on any atom is 0.243 e. The van der Waals surface area contributed by atoms with E-state index >= 15 is 0 Å². The summed E-state index contributed by atoms with van der Waals surface area (Å²) in [5.74, 6) is -0.723. The Hall–Kier alpha value is -2.82. The van der Waals surface area contributed by atoms with Crippen LogP contribution in [-0.2, 0) is 25.7 Å². The number of aliphatic hydroxyl groups excluding tert-OH is 1. The van der Waals surface area contributed by atoms with E-state index in [0.29, 0.717) is 12.1 Å². The van der Waals surface area contributed by atoms with Crippen molar-refractivity contribution in [1.82, 2.24) is 10.4 Å². The first kappa shape index (κ1) is 27.2. The molecular formula is C28H37N3O6. The van der Waals surface area contributed by atoms with Crippen LogP contribution in [0.4, 0.5) is 5.69 Å². The van der Waals surface area contributed by atoms with Gasteiger partial charge in [0.25, 0.3) is 0 Å². The summed E-state index contributed by atoms with van der Waals surface area (Å²) in [5, 5.41) is 20.9. The number of benzene rings is 2. The van der Waals surface area contributed by atoms with Crippen LogP contribution in [0.5, 0.6) is 0 Å². The average molecular weight is 512 g/mol. The highest BCUT2D eigenvalue weighted by Crippen LogP contribution is 2.38. The third-order valence-corrected chi connectivity index (χ3v) is 6.90. The van der Waals surface area contributed by atoms with E-state index in [9.17, 15) is 14.7 Å². The fourth-order valence-electron chi connectivity index (χ4n) is 4.91. The number of ether oxygens (including phenoxy) is 2. The predicted molar refractivity (Wildman–Crippen MR) is 138 cm³/mol. The number of hydrogen-bond acceptors (Lipinski definition) is 7. The Labute approximate surface area is 217 Å². The van der Waals surface area contributed by atoms with E-state index in [0.717, 1.165) is 42.7 Å². The molecule has 2 aromatic carbocycles. The maximum absolute atomic E-state index is 12.3. The van der Waals surface area contributed by atoms with Crippen molar-refractivity contribution in [1.29, 1.82) is 0 Å². The van der Waals surface area contributed by atoms with Gasteiger partial charge >= 0.3 is 0 Å². The molecule has 0 spiro atoms. The molecular weight excluding hydrogens is 474 g/mol. The third-order valence-electron chi connectivity index (χ3n) is 6.90. The average Bonchev–Trinajstić information content (AvgIpc) is 2.93. The molecule has 9 heteroatoms. The van der Waals surface area contributed by atoms with Gasteiger partial charge in [-0.2, -0.15) is 0 Å². The van der Waals surface area contributed by atoms with Gasteiger partial charge in [0.1, 0.15) is 0 Å². The highest BCUT2D eigenvalue weighted by atomic mass is 16.7. The molecule has 4 N–H and O–H groups in total. The van der Waals surface area contributed by atoms with Crippen molar-refractivity contribution in [2.75, 3.05) is 25.0 Å². The molecule has 2 saturated heterocycles. The van der Waals surface area contributed by atoms with Crippen LogP contribution in [0.2, 0.25) is 0 Å². The number of anilines is 1. The standard InChI is InChI=1S/C28H37N3O6/c32-19-20-10-12-21(13-11-20)25-17-24(18-31-14-2-1-3-15-31)36-28(37-25)22-6-4-7-23(16-22)29-26(33)8-5-9-27(34)30-35/h4,6-7,10-13,16,24-25,28,32,35H,1-3,5,8-9,14-15,17-19H2,(H,29,33)(H,30,34)/t24-,25+,28+/m0/s1. The first-order valence-corrected chi connectivity index (χ1v) is 13.1. The SMILES string of the molecule is O=C(CCCC(=O)Nc1cccc([C@@H]2O[C@H](CN3CCCCC3)C[C@H](c3ccc(CO)cc3)O2)c1)NO. The molecule has 0 aromatic heterocycles. The number of carbonyl (C=O) groups is 2. The van der Waals surface area contributed by atoms with Crippen LogP contribution in [0, 0.1) is 0 Å². The number of nitrogens with one attached hydrogen (secondary N) is 2. The van der Waals surface area contributed by atoms with Gasteiger partial charge in [-0.05, 0) is 55.6 Å². The topological polar surface area (TPSA) is 120 Å². The highest BCUT2D eigenvalue weighted by molar-refractivity contribution is 5.91. The van der Waals surface area contributed by atoms with Gasteiger partial charge in [-0.1, -0.05) is 42.8 Å². The lowest BCUT2D eigenvalue weighted by Crippen LogP contribution is -2.41. The number of carbonyl (C=O) groups excluding carboxylic acids is 2. The zero-order chi connectivity index (χ0) is 26.0. The van der Waals surface area contributed by atoms with E-state index in [1.807, 2.05) is 42.5 Å². The number of rotatable bonds is 10. The predicted octanol–water partition coefficient (Wildman–Crippen LogP) is 3.82. The first-order valence-electron chi connectivity index (χ1n) is 13.1. The van der Waals surface area contributed by atoms with Crippen LogP contribution in [0.15, 0.2) is 48.5 Å². The monoisotopic (exact) mass is 511 g/mol. The molecule has 37 heavy (non-hydrogen) atoms. The van der Waals surface area contributed by atoms with E-state index in [2.05, 4.69) is 10.2 Å². The lowest BCUT2D eigenvalue weighted by atomic mass is 9.99. The van der Waals surface area contributed by atoms with Crippen molar-refractivity contribution in [2.45, 2.75) is 70.1 Å². The van der Waals surface area contributed by atoms with Gasteiger partial charge in [0.15, 0.2) is 6.29 Å². The molecule has 9 nitrogen and oxygen atoms in total. The second-order valence-corrected chi connectivity index (χ2v) is 9.77. The van der Waals surface area contributed by atoms with Crippen molar-refractivity contribution in [3.8, 4) is 0 Å². The number of nitrogens with zero attached hydrogens (tertiary/aromatic N) is 1. The van der Waals surface area contributed by atoms with E-state index in [1.54, 1.807) is 11.5 Å². The largest absolute Gasteiger partial charge is 0.392 e. The Kier molecular flexibility index (Phi) is 10.0. The molecule has 200 valence electrons. The van der Waals surface area contributed by atoms with Crippen molar-refractivity contribution in [3.05, 3.63) is 65.2 Å². The second kappa shape index (κ2) is 13.6. The molecule has 2 amide bonds. The van der Waals surface area contributed by atoms with Crippen molar-refractivity contribution in [2.24, 2.45) is 0 Å². The minimum Gasteiger partial charge on any atom is -0.392 e. The first-order chi connectivity index (χ1) is 18.0. The van der Waals surface area contributed by atoms with E-state index < -0.39 is 12.2 Å². The molecule has 2 aliphatic rings. The smallest absolute Gasteiger partial charge is 0.243 e. The number of piperidine rings is 1. The normalized spacial score (nSPS) is 22.4. The Morgan fingerprint density at radius 3 is 2.43 bits per heavy atom. The summed E-state index contributed by atoms with van der Waals surface area (Å²) in [5.41, 5.74) is 4.92. The number of hydroxylamine groups is 1. The molecule has 2 aliphatic heterocycles. The Morgan fingerprint density at radius 1 is 0.946 bits per heavy atom.